The third kappa shape index (κ3) is 8.14. The van der Waals surface area contributed by atoms with E-state index in [-0.39, 0.29) is 17.4 Å². The number of nitrogens with zero attached hydrogens (tertiary/aromatic N) is 5. The van der Waals surface area contributed by atoms with Crippen LogP contribution in [0.5, 0.6) is 5.75 Å². The number of carbonyl (C=O) groups excluding carboxylic acids is 1. The normalized spacial score (nSPS) is 15.1. The maximum absolute atomic E-state index is 13.4. The summed E-state index contributed by atoms with van der Waals surface area (Å²) in [4.78, 5) is 40.1. The first-order valence-corrected chi connectivity index (χ1v) is 17.4. The van der Waals surface area contributed by atoms with E-state index in [4.69, 9.17) is 15.5 Å². The molecule has 0 atom stereocenters. The Morgan fingerprint density at radius 2 is 1.73 bits per heavy atom. The molecule has 4 N–H and O–H groups in total. The number of aromatic nitrogens is 3. The molecule has 11 nitrogen and oxygen atoms in total. The average molecular weight is 653 g/mol. The Morgan fingerprint density at radius 3 is 2.48 bits per heavy atom. The van der Waals surface area contributed by atoms with Crippen LogP contribution in [0.25, 0.3) is 16.7 Å². The van der Waals surface area contributed by atoms with Crippen molar-refractivity contribution in [2.24, 2.45) is 11.7 Å². The van der Waals surface area contributed by atoms with Crippen molar-refractivity contribution in [1.29, 1.82) is 0 Å². The number of fused-ring (bicyclic) bond motifs is 1. The third-order valence-electron chi connectivity index (χ3n) is 9.38. The molecule has 2 fully saturated rings. The summed E-state index contributed by atoms with van der Waals surface area (Å²) in [5.41, 5.74) is 9.76. The molecule has 1 amide bonds. The summed E-state index contributed by atoms with van der Waals surface area (Å²) >= 11 is 0. The van der Waals surface area contributed by atoms with Crippen LogP contribution in [-0.2, 0) is 4.79 Å². The summed E-state index contributed by atoms with van der Waals surface area (Å²) in [5, 5.41) is 7.06. The Balaban J connectivity index is 1.14. The number of pyridine rings is 1. The van der Waals surface area contributed by atoms with E-state index in [0.717, 1.165) is 74.3 Å². The van der Waals surface area contributed by atoms with Gasteiger partial charge in [-0.15, -0.1) is 0 Å². The Bertz CT molecular complexity index is 1780. The number of piperazine rings is 1. The molecule has 0 radical (unpaired) electrons. The first-order valence-electron chi connectivity index (χ1n) is 17.4. The number of unbranched alkanes of at least 4 members (excludes halogenated alkanes) is 5. The Morgan fingerprint density at radius 1 is 0.958 bits per heavy atom. The van der Waals surface area contributed by atoms with Gasteiger partial charge in [-0.1, -0.05) is 31.7 Å². The predicted octanol–water partition coefficient (Wildman–Crippen LogP) is 5.61. The summed E-state index contributed by atoms with van der Waals surface area (Å²) in [6.45, 7) is 7.90. The minimum atomic E-state index is -0.212. The number of hydrogen-bond donors (Lipinski definition) is 3. The number of amides is 1. The molecule has 0 bridgehead atoms. The number of nitrogens with two attached hydrogens (primary N) is 1. The van der Waals surface area contributed by atoms with Crippen LogP contribution in [0.4, 0.5) is 23.0 Å². The van der Waals surface area contributed by atoms with Crippen molar-refractivity contribution in [2.75, 3.05) is 61.9 Å². The Labute approximate surface area is 282 Å². The first-order chi connectivity index (χ1) is 23.4. The molecule has 1 saturated heterocycles. The minimum Gasteiger partial charge on any atom is -0.494 e. The second-order valence-electron chi connectivity index (χ2n) is 13.0. The summed E-state index contributed by atoms with van der Waals surface area (Å²) in [5.74, 6) is 1.13. The topological polar surface area (TPSA) is 131 Å². The van der Waals surface area contributed by atoms with Crippen molar-refractivity contribution >= 4 is 40.0 Å². The molecule has 1 saturated carbocycles. The van der Waals surface area contributed by atoms with E-state index in [9.17, 15) is 9.59 Å². The molecule has 1 aliphatic carbocycles. The van der Waals surface area contributed by atoms with Crippen LogP contribution in [0.2, 0.25) is 0 Å². The zero-order chi connectivity index (χ0) is 33.5. The molecule has 4 aromatic rings. The summed E-state index contributed by atoms with van der Waals surface area (Å²) in [6, 6.07) is 15.0. The lowest BCUT2D eigenvalue weighted by molar-refractivity contribution is -0.117. The van der Waals surface area contributed by atoms with Gasteiger partial charge in [-0.3, -0.25) is 19.1 Å². The molecule has 2 aromatic carbocycles. The van der Waals surface area contributed by atoms with Gasteiger partial charge in [0.25, 0.3) is 5.56 Å². The lowest BCUT2D eigenvalue weighted by Gasteiger charge is -2.36. The van der Waals surface area contributed by atoms with Gasteiger partial charge in [-0.05, 0) is 81.6 Å². The summed E-state index contributed by atoms with van der Waals surface area (Å²) in [7, 11) is 1.66. The highest BCUT2D eigenvalue weighted by Crippen LogP contribution is 2.33. The van der Waals surface area contributed by atoms with Crippen LogP contribution >= 0.6 is 0 Å². The van der Waals surface area contributed by atoms with E-state index in [0.29, 0.717) is 28.7 Å². The van der Waals surface area contributed by atoms with Gasteiger partial charge in [-0.25, -0.2) is 4.98 Å². The van der Waals surface area contributed by atoms with Gasteiger partial charge in [0.2, 0.25) is 11.9 Å². The van der Waals surface area contributed by atoms with E-state index in [1.165, 1.54) is 38.6 Å². The second kappa shape index (κ2) is 15.6. The molecule has 254 valence electrons. The molecule has 3 heterocycles. The van der Waals surface area contributed by atoms with Crippen LogP contribution in [0, 0.1) is 12.8 Å². The standard InChI is InChI=1S/C37H48N8O3/c1-26-22-34(46)45(30-11-9-10-28(23-30)40-36(47)27-12-13-27)35-31(26)25-39-37(42-35)41-32-15-14-29(24-33(32)48-2)44-20-18-43(19-21-44)17-8-6-4-3-5-7-16-38/h9-11,14-15,22-25,27H,3-8,12-13,16-21,38H2,1-2H3,(H,40,47)(H,39,41,42). The highest BCUT2D eigenvalue weighted by Gasteiger charge is 2.29. The number of benzene rings is 2. The molecular weight excluding hydrogens is 604 g/mol. The van der Waals surface area contributed by atoms with Crippen molar-refractivity contribution in [3.8, 4) is 11.4 Å². The number of ether oxygens (including phenoxy) is 1. The van der Waals surface area contributed by atoms with Crippen LogP contribution in [0.3, 0.4) is 0 Å². The highest BCUT2D eigenvalue weighted by molar-refractivity contribution is 5.94. The average Bonchev–Trinajstić information content (AvgIpc) is 3.95. The largest absolute Gasteiger partial charge is 0.494 e. The van der Waals surface area contributed by atoms with Gasteiger partial charge >= 0.3 is 0 Å². The summed E-state index contributed by atoms with van der Waals surface area (Å²) in [6.07, 6.45) is 11.1. The van der Waals surface area contributed by atoms with Gasteiger partial charge in [0.1, 0.15) is 5.75 Å². The number of aryl methyl sites for hydroxylation is 1. The van der Waals surface area contributed by atoms with E-state index in [2.05, 4.69) is 37.6 Å². The molecule has 1 aliphatic heterocycles. The molecule has 0 spiro atoms. The number of carbonyl (C=O) groups is 1. The molecule has 11 heteroatoms. The number of rotatable bonds is 15. The van der Waals surface area contributed by atoms with Gasteiger partial charge in [0.05, 0.1) is 18.5 Å². The molecule has 48 heavy (non-hydrogen) atoms. The van der Waals surface area contributed by atoms with Crippen molar-refractivity contribution in [1.82, 2.24) is 19.4 Å². The number of hydrogen-bond acceptors (Lipinski definition) is 9. The maximum atomic E-state index is 13.4. The van der Waals surface area contributed by atoms with Crippen molar-refractivity contribution < 1.29 is 9.53 Å². The number of nitrogens with one attached hydrogen (secondary N) is 2. The lowest BCUT2D eigenvalue weighted by Crippen LogP contribution is -2.46. The predicted molar refractivity (Wildman–Crippen MR) is 193 cm³/mol. The van der Waals surface area contributed by atoms with Crippen molar-refractivity contribution in [3.63, 3.8) is 0 Å². The SMILES string of the molecule is COc1cc(N2CCN(CCCCCCCCN)CC2)ccc1Nc1ncc2c(C)cc(=O)n(-c3cccc(NC(=O)C4CC4)c3)c2n1. The third-order valence-corrected chi connectivity index (χ3v) is 9.38. The zero-order valence-corrected chi connectivity index (χ0v) is 28.2. The lowest BCUT2D eigenvalue weighted by atomic mass is 10.1. The fourth-order valence-corrected chi connectivity index (χ4v) is 6.39. The number of methoxy groups -OCH3 is 1. The summed E-state index contributed by atoms with van der Waals surface area (Å²) < 4.78 is 7.36. The smallest absolute Gasteiger partial charge is 0.257 e. The minimum absolute atomic E-state index is 0.0140. The van der Waals surface area contributed by atoms with Crippen molar-refractivity contribution in [2.45, 2.75) is 58.3 Å². The molecule has 2 aromatic heterocycles. The Kier molecular flexibility index (Phi) is 10.9. The molecule has 6 rings (SSSR count). The van der Waals surface area contributed by atoms with E-state index < -0.39 is 0 Å². The molecule has 0 unspecified atom stereocenters. The van der Waals surface area contributed by atoms with Crippen molar-refractivity contribution in [3.05, 3.63) is 70.6 Å². The van der Waals surface area contributed by atoms with Crippen LogP contribution < -0.4 is 31.6 Å². The highest BCUT2D eigenvalue weighted by atomic mass is 16.5. The monoisotopic (exact) mass is 652 g/mol. The number of anilines is 4. The Hall–Kier alpha value is -4.48. The fourth-order valence-electron chi connectivity index (χ4n) is 6.39. The van der Waals surface area contributed by atoms with Gasteiger partial charge in [-0.2, -0.15) is 4.98 Å². The zero-order valence-electron chi connectivity index (χ0n) is 28.2. The maximum Gasteiger partial charge on any atom is 0.257 e. The van der Waals surface area contributed by atoms with E-state index in [1.807, 2.05) is 31.2 Å². The molecular formula is C37H48N8O3. The first kappa shape index (κ1) is 33.4. The van der Waals surface area contributed by atoms with Crippen LogP contribution in [0.1, 0.15) is 56.9 Å². The van der Waals surface area contributed by atoms with Crippen LogP contribution in [0.15, 0.2) is 59.5 Å². The van der Waals surface area contributed by atoms with E-state index >= 15 is 0 Å². The fraction of sp³-hybridized carbons (Fsp3) is 0.459. The second-order valence-corrected chi connectivity index (χ2v) is 13.0. The van der Waals surface area contributed by atoms with E-state index in [1.54, 1.807) is 30.0 Å². The van der Waals surface area contributed by atoms with Gasteiger partial charge in [0, 0.05) is 67.2 Å². The molecule has 2 aliphatic rings. The quantitative estimate of drug-likeness (QED) is 0.140. The van der Waals surface area contributed by atoms with Gasteiger partial charge < -0.3 is 26.0 Å². The van der Waals surface area contributed by atoms with Gasteiger partial charge in [0.15, 0.2) is 5.65 Å². The van der Waals surface area contributed by atoms with Crippen LogP contribution in [-0.4, -0.2) is 71.7 Å².